The SMILES string of the molecule is CN(C)C(CNC(=O)c1ccccc1-c1ncc(-c2ccccc2)o1)c1cccs1. The molecule has 2 aromatic carbocycles. The van der Waals surface area contributed by atoms with Crippen molar-refractivity contribution in [2.45, 2.75) is 6.04 Å². The van der Waals surface area contributed by atoms with E-state index in [0.717, 1.165) is 5.56 Å². The molecular formula is C24H23N3O2S. The second-order valence-electron chi connectivity index (χ2n) is 7.15. The summed E-state index contributed by atoms with van der Waals surface area (Å²) < 4.78 is 5.97. The lowest BCUT2D eigenvalue weighted by Crippen LogP contribution is -2.34. The Morgan fingerprint density at radius 2 is 1.83 bits per heavy atom. The summed E-state index contributed by atoms with van der Waals surface area (Å²) in [5, 5.41) is 5.13. The molecule has 0 radical (unpaired) electrons. The Morgan fingerprint density at radius 1 is 1.07 bits per heavy atom. The number of amides is 1. The molecule has 0 bridgehead atoms. The van der Waals surface area contributed by atoms with Gasteiger partial charge in [0.1, 0.15) is 0 Å². The first kappa shape index (κ1) is 20.1. The fourth-order valence-corrected chi connectivity index (χ4v) is 4.23. The summed E-state index contributed by atoms with van der Waals surface area (Å²) in [5.74, 6) is 0.960. The smallest absolute Gasteiger partial charge is 0.252 e. The fraction of sp³-hybridized carbons (Fsp3) is 0.167. The van der Waals surface area contributed by atoms with Crippen molar-refractivity contribution in [3.63, 3.8) is 0 Å². The van der Waals surface area contributed by atoms with Gasteiger partial charge in [-0.05, 0) is 37.7 Å². The van der Waals surface area contributed by atoms with Gasteiger partial charge < -0.3 is 14.6 Å². The van der Waals surface area contributed by atoms with E-state index in [2.05, 4.69) is 26.6 Å². The summed E-state index contributed by atoms with van der Waals surface area (Å²) in [4.78, 5) is 20.8. The Hall–Kier alpha value is -3.22. The number of hydrogen-bond acceptors (Lipinski definition) is 5. The summed E-state index contributed by atoms with van der Waals surface area (Å²) in [6, 6.07) is 21.4. The van der Waals surface area contributed by atoms with Gasteiger partial charge in [0.2, 0.25) is 5.89 Å². The van der Waals surface area contributed by atoms with E-state index < -0.39 is 0 Å². The zero-order valence-corrected chi connectivity index (χ0v) is 17.7. The Morgan fingerprint density at radius 3 is 2.57 bits per heavy atom. The van der Waals surface area contributed by atoms with Crippen molar-refractivity contribution in [3.05, 3.63) is 88.7 Å². The van der Waals surface area contributed by atoms with E-state index in [1.807, 2.05) is 68.7 Å². The van der Waals surface area contributed by atoms with Crippen molar-refractivity contribution >= 4 is 17.2 Å². The van der Waals surface area contributed by atoms with Gasteiger partial charge in [0, 0.05) is 22.5 Å². The predicted molar refractivity (Wildman–Crippen MR) is 120 cm³/mol. The lowest BCUT2D eigenvalue weighted by atomic mass is 10.1. The minimum absolute atomic E-state index is 0.118. The number of carbonyl (C=O) groups is 1. The van der Waals surface area contributed by atoms with E-state index in [1.165, 1.54) is 4.88 Å². The van der Waals surface area contributed by atoms with Crippen molar-refractivity contribution in [2.75, 3.05) is 20.6 Å². The molecule has 0 saturated heterocycles. The Bertz CT molecular complexity index is 1100. The van der Waals surface area contributed by atoms with Crippen LogP contribution in [0, 0.1) is 0 Å². The van der Waals surface area contributed by atoms with Gasteiger partial charge in [-0.15, -0.1) is 11.3 Å². The van der Waals surface area contributed by atoms with Gasteiger partial charge in [-0.25, -0.2) is 4.98 Å². The van der Waals surface area contributed by atoms with Gasteiger partial charge in [0.15, 0.2) is 5.76 Å². The molecule has 0 aliphatic rings. The molecule has 6 heteroatoms. The molecule has 5 nitrogen and oxygen atoms in total. The maximum atomic E-state index is 13.0. The lowest BCUT2D eigenvalue weighted by molar-refractivity contribution is 0.0942. The number of likely N-dealkylation sites (N-methyl/N-ethyl adjacent to an activating group) is 1. The number of nitrogens with one attached hydrogen (secondary N) is 1. The highest BCUT2D eigenvalue weighted by atomic mass is 32.1. The molecule has 0 fully saturated rings. The quantitative estimate of drug-likeness (QED) is 0.454. The highest BCUT2D eigenvalue weighted by Gasteiger charge is 2.20. The monoisotopic (exact) mass is 417 g/mol. The molecule has 4 rings (SSSR count). The summed E-state index contributed by atoms with van der Waals surface area (Å²) in [6.07, 6.45) is 1.69. The Balaban J connectivity index is 1.55. The number of hydrogen-bond donors (Lipinski definition) is 1. The number of carbonyl (C=O) groups excluding carboxylic acids is 1. The van der Waals surface area contributed by atoms with Crippen LogP contribution in [-0.2, 0) is 0 Å². The van der Waals surface area contributed by atoms with Gasteiger partial charge in [-0.1, -0.05) is 48.5 Å². The number of oxazole rings is 1. The van der Waals surface area contributed by atoms with E-state index in [1.54, 1.807) is 23.6 Å². The molecule has 1 unspecified atom stereocenters. The van der Waals surface area contributed by atoms with Crippen LogP contribution in [0.3, 0.4) is 0 Å². The standard InChI is InChI=1S/C24H23N3O2S/c1-27(2)20(22-13-8-14-30-22)15-25-23(28)18-11-6-7-12-19(18)24-26-16-21(29-24)17-9-4-3-5-10-17/h3-14,16,20H,15H2,1-2H3,(H,25,28). The Kier molecular flexibility index (Phi) is 6.07. The zero-order chi connectivity index (χ0) is 20.9. The normalized spacial score (nSPS) is 12.1. The largest absolute Gasteiger partial charge is 0.436 e. The molecule has 30 heavy (non-hydrogen) atoms. The van der Waals surface area contributed by atoms with E-state index >= 15 is 0 Å². The van der Waals surface area contributed by atoms with Gasteiger partial charge in [0.25, 0.3) is 5.91 Å². The van der Waals surface area contributed by atoms with Gasteiger partial charge in [-0.2, -0.15) is 0 Å². The average Bonchev–Trinajstić information content (AvgIpc) is 3.47. The first-order valence-corrected chi connectivity index (χ1v) is 10.6. The molecule has 0 spiro atoms. The highest BCUT2D eigenvalue weighted by molar-refractivity contribution is 7.10. The molecule has 2 aromatic heterocycles. The third-order valence-corrected chi connectivity index (χ3v) is 5.89. The first-order valence-electron chi connectivity index (χ1n) is 9.72. The van der Waals surface area contributed by atoms with E-state index in [-0.39, 0.29) is 11.9 Å². The summed E-state index contributed by atoms with van der Waals surface area (Å²) >= 11 is 1.69. The summed E-state index contributed by atoms with van der Waals surface area (Å²) in [5.41, 5.74) is 2.17. The van der Waals surface area contributed by atoms with E-state index in [0.29, 0.717) is 29.3 Å². The fourth-order valence-electron chi connectivity index (χ4n) is 3.31. The van der Waals surface area contributed by atoms with Gasteiger partial charge in [-0.3, -0.25) is 4.79 Å². The maximum Gasteiger partial charge on any atom is 0.252 e. The van der Waals surface area contributed by atoms with Crippen molar-refractivity contribution in [3.8, 4) is 22.8 Å². The zero-order valence-electron chi connectivity index (χ0n) is 16.9. The van der Waals surface area contributed by atoms with Crippen LogP contribution in [0.25, 0.3) is 22.8 Å². The van der Waals surface area contributed by atoms with Crippen molar-refractivity contribution in [1.82, 2.24) is 15.2 Å². The van der Waals surface area contributed by atoms with Crippen LogP contribution in [0.4, 0.5) is 0 Å². The number of thiophene rings is 1. The van der Waals surface area contributed by atoms with E-state index in [9.17, 15) is 4.79 Å². The van der Waals surface area contributed by atoms with Crippen LogP contribution in [-0.4, -0.2) is 36.4 Å². The molecule has 4 aromatic rings. The molecule has 0 aliphatic carbocycles. The number of aromatic nitrogens is 1. The lowest BCUT2D eigenvalue weighted by Gasteiger charge is -2.23. The van der Waals surface area contributed by atoms with Crippen LogP contribution in [0.15, 0.2) is 82.7 Å². The van der Waals surface area contributed by atoms with Gasteiger partial charge >= 0.3 is 0 Å². The molecule has 152 valence electrons. The van der Waals surface area contributed by atoms with Crippen molar-refractivity contribution in [1.29, 1.82) is 0 Å². The molecule has 1 atom stereocenters. The second kappa shape index (κ2) is 9.07. The average molecular weight is 418 g/mol. The van der Waals surface area contributed by atoms with Crippen LogP contribution < -0.4 is 5.32 Å². The van der Waals surface area contributed by atoms with Crippen molar-refractivity contribution in [2.24, 2.45) is 0 Å². The van der Waals surface area contributed by atoms with Crippen LogP contribution >= 0.6 is 11.3 Å². The maximum absolute atomic E-state index is 13.0. The predicted octanol–water partition coefficient (Wildman–Crippen LogP) is 5.10. The minimum Gasteiger partial charge on any atom is -0.436 e. The molecular weight excluding hydrogens is 394 g/mol. The Labute approximate surface area is 180 Å². The van der Waals surface area contributed by atoms with Crippen LogP contribution in [0.5, 0.6) is 0 Å². The summed E-state index contributed by atoms with van der Waals surface area (Å²) in [7, 11) is 4.03. The molecule has 0 aliphatic heterocycles. The molecule has 2 heterocycles. The number of rotatable bonds is 7. The molecule has 1 amide bonds. The van der Waals surface area contributed by atoms with Crippen molar-refractivity contribution < 1.29 is 9.21 Å². The summed E-state index contributed by atoms with van der Waals surface area (Å²) in [6.45, 7) is 0.515. The highest BCUT2D eigenvalue weighted by Crippen LogP contribution is 2.28. The van der Waals surface area contributed by atoms with Crippen LogP contribution in [0.2, 0.25) is 0 Å². The van der Waals surface area contributed by atoms with Crippen LogP contribution in [0.1, 0.15) is 21.3 Å². The van der Waals surface area contributed by atoms with Gasteiger partial charge in [0.05, 0.1) is 17.8 Å². The number of benzene rings is 2. The third-order valence-electron chi connectivity index (χ3n) is 4.92. The third kappa shape index (κ3) is 4.35. The number of nitrogens with zero attached hydrogens (tertiary/aromatic N) is 2. The second-order valence-corrected chi connectivity index (χ2v) is 8.13. The molecule has 1 N–H and O–H groups in total. The molecule has 0 saturated carbocycles. The topological polar surface area (TPSA) is 58.4 Å². The first-order chi connectivity index (χ1) is 14.6. The minimum atomic E-state index is -0.145. The van der Waals surface area contributed by atoms with E-state index in [4.69, 9.17) is 4.42 Å².